The Morgan fingerprint density at radius 1 is 1.00 bits per heavy atom. The number of nitrogens with one attached hydrogen (secondary N) is 1. The van der Waals surface area contributed by atoms with Gasteiger partial charge in [0.1, 0.15) is 0 Å². The van der Waals surface area contributed by atoms with Crippen molar-refractivity contribution in [2.75, 3.05) is 11.8 Å². The minimum Gasteiger partial charge on any atom is -0.504 e. The lowest BCUT2D eigenvalue weighted by molar-refractivity contribution is 0.373. The molecule has 0 fully saturated rings. The molecule has 0 aliphatic carbocycles. The highest BCUT2D eigenvalue weighted by Gasteiger charge is 2.15. The third-order valence-electron chi connectivity index (χ3n) is 4.34. The monoisotopic (exact) mass is 410 g/mol. The first-order chi connectivity index (χ1) is 13.8. The summed E-state index contributed by atoms with van der Waals surface area (Å²) in [5.41, 5.74) is 3.76. The van der Waals surface area contributed by atoms with Crippen LogP contribution in [0.15, 0.2) is 70.6 Å². The second kappa shape index (κ2) is 8.36. The summed E-state index contributed by atoms with van der Waals surface area (Å²) in [6.45, 7) is 3.82. The van der Waals surface area contributed by atoms with E-state index in [1.54, 1.807) is 36.5 Å². The lowest BCUT2D eigenvalue weighted by Gasteiger charge is -2.11. The number of methoxy groups -OCH3 is 1. The van der Waals surface area contributed by atoms with Gasteiger partial charge in [-0.15, -0.1) is 0 Å². The molecule has 0 unspecified atom stereocenters. The smallest absolute Gasteiger partial charge is 0.261 e. The van der Waals surface area contributed by atoms with Crippen molar-refractivity contribution in [3.63, 3.8) is 0 Å². The molecule has 7 heteroatoms. The van der Waals surface area contributed by atoms with Crippen LogP contribution in [0.5, 0.6) is 11.5 Å². The van der Waals surface area contributed by atoms with Crippen LogP contribution < -0.4 is 9.46 Å². The fourth-order valence-electron chi connectivity index (χ4n) is 2.78. The topological polar surface area (TPSA) is 88.0 Å². The maximum Gasteiger partial charge on any atom is 0.261 e. The predicted octanol–water partition coefficient (Wildman–Crippen LogP) is 4.57. The maximum absolute atomic E-state index is 12.6. The van der Waals surface area contributed by atoms with E-state index in [2.05, 4.69) is 9.71 Å². The van der Waals surface area contributed by atoms with Crippen LogP contribution in [0.4, 0.5) is 11.4 Å². The van der Waals surface area contributed by atoms with Crippen molar-refractivity contribution < 1.29 is 18.3 Å². The molecular weight excluding hydrogens is 388 g/mol. The number of aromatic hydroxyl groups is 1. The van der Waals surface area contributed by atoms with Crippen molar-refractivity contribution in [1.82, 2.24) is 0 Å². The lowest BCUT2D eigenvalue weighted by Crippen LogP contribution is -2.13. The van der Waals surface area contributed by atoms with Crippen LogP contribution in [-0.4, -0.2) is 26.8 Å². The van der Waals surface area contributed by atoms with Gasteiger partial charge in [-0.1, -0.05) is 17.7 Å². The number of phenolic OH excluding ortho intramolecular Hbond substituents is 1. The van der Waals surface area contributed by atoms with Gasteiger partial charge in [0, 0.05) is 6.21 Å². The van der Waals surface area contributed by atoms with Gasteiger partial charge in [0.15, 0.2) is 11.5 Å². The number of benzene rings is 3. The van der Waals surface area contributed by atoms with Gasteiger partial charge in [-0.05, 0) is 73.5 Å². The Balaban J connectivity index is 1.76. The van der Waals surface area contributed by atoms with Gasteiger partial charge in [0.25, 0.3) is 10.0 Å². The van der Waals surface area contributed by atoms with Crippen LogP contribution in [-0.2, 0) is 10.0 Å². The molecule has 0 amide bonds. The highest BCUT2D eigenvalue weighted by Crippen LogP contribution is 2.26. The largest absolute Gasteiger partial charge is 0.504 e. The van der Waals surface area contributed by atoms with E-state index in [0.29, 0.717) is 22.7 Å². The van der Waals surface area contributed by atoms with E-state index in [-0.39, 0.29) is 10.6 Å². The van der Waals surface area contributed by atoms with Gasteiger partial charge in [0.2, 0.25) is 0 Å². The average Bonchev–Trinajstić information content (AvgIpc) is 2.69. The summed E-state index contributed by atoms with van der Waals surface area (Å²) < 4.78 is 32.9. The Bertz CT molecular complexity index is 1150. The van der Waals surface area contributed by atoms with Gasteiger partial charge in [-0.25, -0.2) is 8.42 Å². The van der Waals surface area contributed by atoms with Gasteiger partial charge < -0.3 is 9.84 Å². The molecule has 3 aromatic rings. The molecule has 0 aliphatic rings. The SMILES string of the molecule is COc1ccc(C=Nc2ccc(S(=O)(=O)Nc3ccc(C)cc3C)cc2)cc1O. The molecule has 150 valence electrons. The number of sulfonamides is 1. The van der Waals surface area contributed by atoms with E-state index in [4.69, 9.17) is 4.74 Å². The average molecular weight is 410 g/mol. The Morgan fingerprint density at radius 3 is 2.34 bits per heavy atom. The fourth-order valence-corrected chi connectivity index (χ4v) is 3.91. The molecule has 0 heterocycles. The third-order valence-corrected chi connectivity index (χ3v) is 5.72. The van der Waals surface area contributed by atoms with Gasteiger partial charge in [-0.2, -0.15) is 0 Å². The number of nitrogens with zero attached hydrogens (tertiary/aromatic N) is 1. The number of hydrogen-bond acceptors (Lipinski definition) is 5. The quantitative estimate of drug-likeness (QED) is 0.583. The molecule has 0 bridgehead atoms. The number of aryl methyl sites for hydroxylation is 2. The minimum absolute atomic E-state index is 0.0235. The summed E-state index contributed by atoms with van der Waals surface area (Å²) in [4.78, 5) is 4.46. The van der Waals surface area contributed by atoms with Crippen molar-refractivity contribution in [3.05, 3.63) is 77.4 Å². The first-order valence-corrected chi connectivity index (χ1v) is 10.4. The van der Waals surface area contributed by atoms with Crippen LogP contribution in [0.2, 0.25) is 0 Å². The highest BCUT2D eigenvalue weighted by molar-refractivity contribution is 7.92. The van der Waals surface area contributed by atoms with E-state index in [9.17, 15) is 13.5 Å². The van der Waals surface area contributed by atoms with E-state index < -0.39 is 10.0 Å². The molecule has 3 rings (SSSR count). The number of ether oxygens (including phenoxy) is 1. The molecule has 0 saturated heterocycles. The van der Waals surface area contributed by atoms with Gasteiger partial charge >= 0.3 is 0 Å². The summed E-state index contributed by atoms with van der Waals surface area (Å²) in [6.07, 6.45) is 1.58. The Labute approximate surface area is 170 Å². The molecule has 2 N–H and O–H groups in total. The zero-order valence-corrected chi connectivity index (χ0v) is 17.2. The van der Waals surface area contributed by atoms with E-state index in [1.165, 1.54) is 25.3 Å². The number of aliphatic imine (C=N–C) groups is 1. The predicted molar refractivity (Wildman–Crippen MR) is 115 cm³/mol. The van der Waals surface area contributed by atoms with Crippen LogP contribution in [0.3, 0.4) is 0 Å². The molecule has 0 spiro atoms. The van der Waals surface area contributed by atoms with Gasteiger partial charge in [-0.3, -0.25) is 9.71 Å². The second-order valence-electron chi connectivity index (χ2n) is 6.61. The highest BCUT2D eigenvalue weighted by atomic mass is 32.2. The summed E-state index contributed by atoms with van der Waals surface area (Å²) in [5, 5.41) is 9.81. The van der Waals surface area contributed by atoms with Crippen molar-refractivity contribution in [3.8, 4) is 11.5 Å². The zero-order valence-electron chi connectivity index (χ0n) is 16.4. The van der Waals surface area contributed by atoms with Crippen LogP contribution >= 0.6 is 0 Å². The number of rotatable bonds is 6. The fraction of sp³-hybridized carbons (Fsp3) is 0.136. The molecule has 29 heavy (non-hydrogen) atoms. The van der Waals surface area contributed by atoms with Crippen molar-refractivity contribution in [2.45, 2.75) is 18.7 Å². The number of anilines is 1. The molecule has 0 aromatic heterocycles. The number of hydrogen-bond donors (Lipinski definition) is 2. The zero-order chi connectivity index (χ0) is 21.0. The maximum atomic E-state index is 12.6. The standard InChI is InChI=1S/C22H22N2O4S/c1-15-4-10-20(16(2)12-15)24-29(26,27)19-8-6-18(7-9-19)23-14-17-5-11-22(28-3)21(25)13-17/h4-14,24-25H,1-3H3. The second-order valence-corrected chi connectivity index (χ2v) is 8.29. The molecule has 0 atom stereocenters. The first-order valence-electron chi connectivity index (χ1n) is 8.90. The molecule has 3 aromatic carbocycles. The van der Waals surface area contributed by atoms with E-state index in [1.807, 2.05) is 26.0 Å². The summed E-state index contributed by atoms with van der Waals surface area (Å²) in [5.74, 6) is 0.406. The van der Waals surface area contributed by atoms with Gasteiger partial charge in [0.05, 0.1) is 23.4 Å². The van der Waals surface area contributed by atoms with Crippen molar-refractivity contribution in [2.24, 2.45) is 4.99 Å². The molecular formula is C22H22N2O4S. The molecule has 0 saturated carbocycles. The third kappa shape index (κ3) is 4.94. The Morgan fingerprint density at radius 2 is 1.72 bits per heavy atom. The number of phenols is 1. The summed E-state index contributed by atoms with van der Waals surface area (Å²) in [6, 6.07) is 16.7. The normalized spacial score (nSPS) is 11.6. The van der Waals surface area contributed by atoms with Crippen LogP contribution in [0.1, 0.15) is 16.7 Å². The summed E-state index contributed by atoms with van der Waals surface area (Å²) in [7, 11) is -2.22. The minimum atomic E-state index is -3.69. The lowest BCUT2D eigenvalue weighted by atomic mass is 10.1. The first kappa shape index (κ1) is 20.4. The molecule has 6 nitrogen and oxygen atoms in total. The summed E-state index contributed by atoms with van der Waals surface area (Å²) >= 11 is 0. The van der Waals surface area contributed by atoms with Crippen molar-refractivity contribution in [1.29, 1.82) is 0 Å². The van der Waals surface area contributed by atoms with Crippen molar-refractivity contribution >= 4 is 27.6 Å². The Hall–Kier alpha value is -3.32. The van der Waals surface area contributed by atoms with E-state index >= 15 is 0 Å². The van der Waals surface area contributed by atoms with E-state index in [0.717, 1.165) is 11.1 Å². The Kier molecular flexibility index (Phi) is 5.89. The molecule has 0 aliphatic heterocycles. The molecule has 0 radical (unpaired) electrons. The van der Waals surface area contributed by atoms with Crippen LogP contribution in [0, 0.1) is 13.8 Å². The van der Waals surface area contributed by atoms with Crippen LogP contribution in [0.25, 0.3) is 0 Å².